The predicted octanol–water partition coefficient (Wildman–Crippen LogP) is 1.16. The summed E-state index contributed by atoms with van der Waals surface area (Å²) in [5.74, 6) is 0.752. The molecule has 0 radical (unpaired) electrons. The zero-order valence-electron chi connectivity index (χ0n) is 8.97. The van der Waals surface area contributed by atoms with Gasteiger partial charge in [-0.1, -0.05) is 0 Å². The topological polar surface area (TPSA) is 72.3 Å². The average molecular weight is 214 g/mol. The Kier molecular flexibility index (Phi) is 1.76. The Hall–Kier alpha value is -2.24. The number of hydrogen-bond donors (Lipinski definition) is 1. The van der Waals surface area contributed by atoms with Gasteiger partial charge in [0.2, 0.25) is 0 Å². The molecule has 1 N–H and O–H groups in total. The molecule has 80 valence electrons. The Morgan fingerprint density at radius 3 is 2.88 bits per heavy atom. The van der Waals surface area contributed by atoms with Gasteiger partial charge < -0.3 is 0 Å². The second-order valence-corrected chi connectivity index (χ2v) is 3.60. The van der Waals surface area contributed by atoms with E-state index in [1.54, 1.807) is 23.3 Å². The smallest absolute Gasteiger partial charge is 0.126 e. The maximum absolute atomic E-state index is 4.43. The number of H-pyrrole nitrogens is 1. The van der Waals surface area contributed by atoms with Crippen LogP contribution < -0.4 is 0 Å². The molecule has 3 aromatic rings. The van der Waals surface area contributed by atoms with Crippen LogP contribution in [0.2, 0.25) is 0 Å². The minimum Gasteiger partial charge on any atom is -0.283 e. The van der Waals surface area contributed by atoms with Crippen molar-refractivity contribution >= 4 is 11.0 Å². The summed E-state index contributed by atoms with van der Waals surface area (Å²) in [5.41, 5.74) is 3.55. The first-order chi connectivity index (χ1) is 7.75. The molecule has 3 heterocycles. The van der Waals surface area contributed by atoms with Crippen LogP contribution in [0.1, 0.15) is 11.5 Å². The van der Waals surface area contributed by atoms with E-state index in [1.165, 1.54) is 0 Å². The Labute approximate surface area is 91.3 Å². The summed E-state index contributed by atoms with van der Waals surface area (Å²) in [4.78, 5) is 8.57. The molecule has 0 unspecified atom stereocenters. The molecule has 0 aliphatic rings. The lowest BCUT2D eigenvalue weighted by molar-refractivity contribution is 0.888. The van der Waals surface area contributed by atoms with E-state index >= 15 is 0 Å². The highest BCUT2D eigenvalue weighted by molar-refractivity contribution is 5.78. The van der Waals surface area contributed by atoms with Crippen molar-refractivity contribution in [3.63, 3.8) is 0 Å². The molecule has 0 spiro atoms. The van der Waals surface area contributed by atoms with Crippen LogP contribution >= 0.6 is 0 Å². The van der Waals surface area contributed by atoms with Crippen molar-refractivity contribution in [2.75, 3.05) is 0 Å². The van der Waals surface area contributed by atoms with E-state index in [4.69, 9.17) is 0 Å². The highest BCUT2D eigenvalue weighted by Crippen LogP contribution is 2.18. The van der Waals surface area contributed by atoms with E-state index in [1.807, 2.05) is 13.8 Å². The number of nitrogens with one attached hydrogen (secondary N) is 1. The van der Waals surface area contributed by atoms with Gasteiger partial charge in [0.15, 0.2) is 0 Å². The van der Waals surface area contributed by atoms with Gasteiger partial charge in [-0.15, -0.1) is 0 Å². The van der Waals surface area contributed by atoms with Gasteiger partial charge >= 0.3 is 0 Å². The molecule has 0 aromatic carbocycles. The third kappa shape index (κ3) is 1.19. The van der Waals surface area contributed by atoms with Crippen molar-refractivity contribution < 1.29 is 0 Å². The van der Waals surface area contributed by atoms with Crippen LogP contribution in [-0.2, 0) is 0 Å². The first-order valence-corrected chi connectivity index (χ1v) is 4.94. The first kappa shape index (κ1) is 9.02. The van der Waals surface area contributed by atoms with Crippen molar-refractivity contribution in [3.05, 3.63) is 30.1 Å². The lowest BCUT2D eigenvalue weighted by atomic mass is 10.3. The number of aromatic nitrogens is 6. The summed E-state index contributed by atoms with van der Waals surface area (Å²) in [7, 11) is 0. The third-order valence-corrected chi connectivity index (χ3v) is 2.44. The highest BCUT2D eigenvalue weighted by atomic mass is 15.3. The number of hydrogen-bond acceptors (Lipinski definition) is 4. The van der Waals surface area contributed by atoms with Crippen molar-refractivity contribution in [1.82, 2.24) is 29.9 Å². The molecule has 0 bridgehead atoms. The molecule has 0 amide bonds. The fourth-order valence-electron chi connectivity index (χ4n) is 1.69. The van der Waals surface area contributed by atoms with Crippen molar-refractivity contribution in [1.29, 1.82) is 0 Å². The van der Waals surface area contributed by atoms with E-state index in [0.29, 0.717) is 0 Å². The van der Waals surface area contributed by atoms with Crippen LogP contribution in [0, 0.1) is 13.8 Å². The van der Waals surface area contributed by atoms with Gasteiger partial charge in [-0.2, -0.15) is 10.2 Å². The summed E-state index contributed by atoms with van der Waals surface area (Å²) < 4.78 is 1.79. The molecule has 3 rings (SSSR count). The normalized spacial score (nSPS) is 11.1. The average Bonchev–Trinajstić information content (AvgIpc) is 2.87. The lowest BCUT2D eigenvalue weighted by Gasteiger charge is -1.97. The number of aryl methyl sites for hydroxylation is 2. The molecule has 0 saturated carbocycles. The molecule has 0 atom stereocenters. The zero-order valence-corrected chi connectivity index (χ0v) is 8.97. The standard InChI is InChI=1S/C10H10N6/c1-6-10-9(5-11-7(2)14-10)16(15-6)8-3-12-13-4-8/h3-5H,1-2H3,(H,12,13). The van der Waals surface area contributed by atoms with Crippen molar-refractivity contribution in [2.24, 2.45) is 0 Å². The van der Waals surface area contributed by atoms with Crippen LogP contribution in [0.3, 0.4) is 0 Å². The van der Waals surface area contributed by atoms with E-state index in [-0.39, 0.29) is 0 Å². The Morgan fingerprint density at radius 1 is 1.25 bits per heavy atom. The molecular weight excluding hydrogens is 204 g/mol. The molecule has 6 heteroatoms. The number of rotatable bonds is 1. The molecule has 0 saturated heterocycles. The SMILES string of the molecule is Cc1ncc2c(n1)c(C)nn2-c1cn[nH]c1. The highest BCUT2D eigenvalue weighted by Gasteiger charge is 2.11. The van der Waals surface area contributed by atoms with Crippen LogP contribution in [-0.4, -0.2) is 29.9 Å². The van der Waals surface area contributed by atoms with E-state index in [0.717, 1.165) is 28.2 Å². The number of nitrogens with zero attached hydrogens (tertiary/aromatic N) is 5. The van der Waals surface area contributed by atoms with Crippen LogP contribution in [0.25, 0.3) is 16.7 Å². The first-order valence-electron chi connectivity index (χ1n) is 4.94. The van der Waals surface area contributed by atoms with Crippen LogP contribution in [0.5, 0.6) is 0 Å². The molecular formula is C10H10N6. The largest absolute Gasteiger partial charge is 0.283 e. The molecule has 0 aliphatic carbocycles. The monoisotopic (exact) mass is 214 g/mol. The maximum Gasteiger partial charge on any atom is 0.126 e. The molecule has 16 heavy (non-hydrogen) atoms. The second kappa shape index (κ2) is 3.13. The van der Waals surface area contributed by atoms with Gasteiger partial charge in [0, 0.05) is 6.20 Å². The number of fused-ring (bicyclic) bond motifs is 1. The van der Waals surface area contributed by atoms with E-state index in [2.05, 4.69) is 25.3 Å². The van der Waals surface area contributed by atoms with Crippen molar-refractivity contribution in [3.8, 4) is 5.69 Å². The Morgan fingerprint density at radius 2 is 2.12 bits per heavy atom. The number of aromatic amines is 1. The summed E-state index contributed by atoms with van der Waals surface area (Å²) >= 11 is 0. The predicted molar refractivity (Wildman–Crippen MR) is 58.3 cm³/mol. The lowest BCUT2D eigenvalue weighted by Crippen LogP contribution is -1.95. The summed E-state index contributed by atoms with van der Waals surface area (Å²) in [6.07, 6.45) is 5.28. The van der Waals surface area contributed by atoms with Gasteiger partial charge in [0.05, 0.1) is 18.1 Å². The summed E-state index contributed by atoms with van der Waals surface area (Å²) in [6, 6.07) is 0. The molecule has 0 fully saturated rings. The molecule has 0 aliphatic heterocycles. The van der Waals surface area contributed by atoms with Gasteiger partial charge in [0.1, 0.15) is 22.5 Å². The van der Waals surface area contributed by atoms with Crippen LogP contribution in [0.15, 0.2) is 18.6 Å². The quantitative estimate of drug-likeness (QED) is 0.659. The van der Waals surface area contributed by atoms with E-state index < -0.39 is 0 Å². The Balaban J connectivity index is 2.35. The van der Waals surface area contributed by atoms with Crippen molar-refractivity contribution in [2.45, 2.75) is 13.8 Å². The minimum absolute atomic E-state index is 0.752. The fourth-order valence-corrected chi connectivity index (χ4v) is 1.69. The van der Waals surface area contributed by atoms with Gasteiger partial charge in [0.25, 0.3) is 0 Å². The summed E-state index contributed by atoms with van der Waals surface area (Å²) in [5, 5.41) is 11.1. The molecule has 6 nitrogen and oxygen atoms in total. The Bertz CT molecular complexity index is 637. The van der Waals surface area contributed by atoms with Gasteiger partial charge in [-0.05, 0) is 13.8 Å². The molecule has 3 aromatic heterocycles. The minimum atomic E-state index is 0.752. The van der Waals surface area contributed by atoms with E-state index in [9.17, 15) is 0 Å². The third-order valence-electron chi connectivity index (χ3n) is 2.44. The zero-order chi connectivity index (χ0) is 11.1. The van der Waals surface area contributed by atoms with Gasteiger partial charge in [-0.25, -0.2) is 14.6 Å². The summed E-state index contributed by atoms with van der Waals surface area (Å²) in [6.45, 7) is 3.80. The second-order valence-electron chi connectivity index (χ2n) is 3.60. The maximum atomic E-state index is 4.43. The van der Waals surface area contributed by atoms with Crippen LogP contribution in [0.4, 0.5) is 0 Å². The van der Waals surface area contributed by atoms with Gasteiger partial charge in [-0.3, -0.25) is 5.10 Å². The fraction of sp³-hybridized carbons (Fsp3) is 0.200.